The van der Waals surface area contributed by atoms with Crippen LogP contribution < -0.4 is 15.4 Å². The third-order valence-corrected chi connectivity index (χ3v) is 5.54. The third-order valence-electron chi connectivity index (χ3n) is 5.31. The molecule has 0 aliphatic rings. The predicted octanol–water partition coefficient (Wildman–Crippen LogP) is 4.18. The van der Waals surface area contributed by atoms with Crippen LogP contribution in [0.4, 0.5) is 10.5 Å². The summed E-state index contributed by atoms with van der Waals surface area (Å²) in [5.41, 5.74) is 2.73. The van der Waals surface area contributed by atoms with Crippen LogP contribution in [0.5, 0.6) is 5.75 Å². The average molecular weight is 487 g/mol. The first-order valence-corrected chi connectivity index (χ1v) is 11.6. The van der Waals surface area contributed by atoms with Crippen LogP contribution in [0.2, 0.25) is 5.02 Å². The van der Waals surface area contributed by atoms with Crippen molar-refractivity contribution in [3.8, 4) is 5.75 Å². The van der Waals surface area contributed by atoms with Crippen molar-refractivity contribution in [2.24, 2.45) is 0 Å². The molecule has 3 rings (SSSR count). The number of hydrogen-bond acceptors (Lipinski definition) is 4. The highest BCUT2D eigenvalue weighted by molar-refractivity contribution is 6.31. The van der Waals surface area contributed by atoms with E-state index in [1.807, 2.05) is 38.2 Å². The molecule has 3 aromatic rings. The zero-order valence-electron chi connectivity index (χ0n) is 19.6. The summed E-state index contributed by atoms with van der Waals surface area (Å²) in [5.74, 6) is 0.413. The molecule has 0 saturated heterocycles. The standard InChI is InChI=1S/C25H31ClN4O4/c1-16(2)30(14-21(32)15-34-22-7-5-20(6-8-22)29-17(3)31)25(33)27-11-10-18-13-28-24-12-19(26)4-9-23(18)24/h4-9,12-13,16,21,28,32H,10-11,14-15H2,1-3H3,(H,27,33)(H,29,31). The SMILES string of the molecule is CC(=O)Nc1ccc(OCC(O)CN(C(=O)NCCc2c[nH]c3cc(Cl)ccc23)C(C)C)cc1. The second-order valence-electron chi connectivity index (χ2n) is 8.40. The fourth-order valence-corrected chi connectivity index (χ4v) is 3.78. The number of nitrogens with zero attached hydrogens (tertiary/aromatic N) is 1. The molecule has 1 heterocycles. The Labute approximate surface area is 204 Å². The molecule has 1 atom stereocenters. The summed E-state index contributed by atoms with van der Waals surface area (Å²) in [6.07, 6.45) is 1.73. The average Bonchev–Trinajstić information content (AvgIpc) is 3.18. The van der Waals surface area contributed by atoms with E-state index < -0.39 is 6.10 Å². The van der Waals surface area contributed by atoms with Gasteiger partial charge in [0.25, 0.3) is 0 Å². The molecule has 0 fully saturated rings. The summed E-state index contributed by atoms with van der Waals surface area (Å²) in [4.78, 5) is 28.6. The van der Waals surface area contributed by atoms with Gasteiger partial charge in [-0.3, -0.25) is 4.79 Å². The maximum atomic E-state index is 12.8. The van der Waals surface area contributed by atoms with Crippen molar-refractivity contribution in [1.82, 2.24) is 15.2 Å². The first-order valence-electron chi connectivity index (χ1n) is 11.2. The van der Waals surface area contributed by atoms with Gasteiger partial charge in [-0.1, -0.05) is 17.7 Å². The molecule has 0 aliphatic carbocycles. The number of aromatic nitrogens is 1. The van der Waals surface area contributed by atoms with Crippen LogP contribution in [0.1, 0.15) is 26.3 Å². The Kier molecular flexibility index (Phi) is 8.79. The molecule has 0 saturated carbocycles. The molecular formula is C25H31ClN4O4. The molecule has 0 spiro atoms. The lowest BCUT2D eigenvalue weighted by molar-refractivity contribution is -0.114. The number of aliphatic hydroxyl groups is 1. The zero-order valence-corrected chi connectivity index (χ0v) is 20.4. The molecule has 3 amide bonds. The number of carbonyl (C=O) groups excluding carboxylic acids is 2. The summed E-state index contributed by atoms with van der Waals surface area (Å²) in [7, 11) is 0. The summed E-state index contributed by atoms with van der Waals surface area (Å²) in [5, 5.41) is 17.8. The van der Waals surface area contributed by atoms with Crippen LogP contribution in [-0.4, -0.2) is 58.8 Å². The molecule has 182 valence electrons. The number of halogens is 1. The van der Waals surface area contributed by atoms with Gasteiger partial charge in [-0.25, -0.2) is 4.79 Å². The fraction of sp³-hybridized carbons (Fsp3) is 0.360. The number of fused-ring (bicyclic) bond motifs is 1. The van der Waals surface area contributed by atoms with E-state index >= 15 is 0 Å². The van der Waals surface area contributed by atoms with Gasteiger partial charge in [-0.05, 0) is 62.2 Å². The molecule has 1 unspecified atom stereocenters. The first kappa shape index (κ1) is 25.4. The number of aromatic amines is 1. The maximum absolute atomic E-state index is 12.8. The number of amides is 3. The van der Waals surface area contributed by atoms with Crippen LogP contribution in [0, 0.1) is 0 Å². The van der Waals surface area contributed by atoms with Crippen molar-refractivity contribution in [1.29, 1.82) is 0 Å². The molecule has 34 heavy (non-hydrogen) atoms. The number of urea groups is 1. The molecule has 8 nitrogen and oxygen atoms in total. The van der Waals surface area contributed by atoms with E-state index in [4.69, 9.17) is 16.3 Å². The Morgan fingerprint density at radius 1 is 1.18 bits per heavy atom. The molecule has 0 bridgehead atoms. The van der Waals surface area contributed by atoms with E-state index in [1.165, 1.54) is 6.92 Å². The molecule has 1 aromatic heterocycles. The minimum Gasteiger partial charge on any atom is -0.491 e. The van der Waals surface area contributed by atoms with E-state index in [9.17, 15) is 14.7 Å². The van der Waals surface area contributed by atoms with Crippen molar-refractivity contribution in [2.45, 2.75) is 39.3 Å². The summed E-state index contributed by atoms with van der Waals surface area (Å²) >= 11 is 6.03. The summed E-state index contributed by atoms with van der Waals surface area (Å²) in [6.45, 7) is 5.88. The number of rotatable bonds is 10. The molecular weight excluding hydrogens is 456 g/mol. The van der Waals surface area contributed by atoms with Crippen molar-refractivity contribution in [3.63, 3.8) is 0 Å². The molecule has 0 aliphatic heterocycles. The summed E-state index contributed by atoms with van der Waals surface area (Å²) in [6, 6.07) is 12.2. The number of aliphatic hydroxyl groups excluding tert-OH is 1. The molecule has 0 radical (unpaired) electrons. The zero-order chi connectivity index (χ0) is 24.7. The van der Waals surface area contributed by atoms with Gasteiger partial charge in [-0.2, -0.15) is 0 Å². The molecule has 9 heteroatoms. The number of ether oxygens (including phenoxy) is 1. The van der Waals surface area contributed by atoms with E-state index in [0.717, 1.165) is 16.5 Å². The Bertz CT molecular complexity index is 1110. The maximum Gasteiger partial charge on any atom is 0.317 e. The van der Waals surface area contributed by atoms with Gasteiger partial charge in [0.1, 0.15) is 18.5 Å². The van der Waals surface area contributed by atoms with E-state index in [0.29, 0.717) is 29.4 Å². The van der Waals surface area contributed by atoms with Gasteiger partial charge in [0.05, 0.1) is 6.54 Å². The normalized spacial score (nSPS) is 11.9. The van der Waals surface area contributed by atoms with Crippen LogP contribution in [-0.2, 0) is 11.2 Å². The Hall–Kier alpha value is -3.23. The number of H-pyrrole nitrogens is 1. The van der Waals surface area contributed by atoms with Crippen molar-refractivity contribution in [2.75, 3.05) is 25.0 Å². The summed E-state index contributed by atoms with van der Waals surface area (Å²) < 4.78 is 5.63. The largest absolute Gasteiger partial charge is 0.491 e. The van der Waals surface area contributed by atoms with E-state index in [1.54, 1.807) is 29.2 Å². The highest BCUT2D eigenvalue weighted by Gasteiger charge is 2.21. The van der Waals surface area contributed by atoms with Gasteiger partial charge < -0.3 is 30.4 Å². The van der Waals surface area contributed by atoms with Crippen molar-refractivity contribution < 1.29 is 19.4 Å². The van der Waals surface area contributed by atoms with Gasteiger partial charge in [0.2, 0.25) is 5.91 Å². The number of nitrogens with one attached hydrogen (secondary N) is 3. The topological polar surface area (TPSA) is 107 Å². The minimum atomic E-state index is -0.860. The monoisotopic (exact) mass is 486 g/mol. The number of carbonyl (C=O) groups is 2. The first-order chi connectivity index (χ1) is 16.2. The van der Waals surface area contributed by atoms with Crippen LogP contribution in [0.25, 0.3) is 10.9 Å². The third kappa shape index (κ3) is 7.13. The lowest BCUT2D eigenvalue weighted by Gasteiger charge is -2.29. The second-order valence-corrected chi connectivity index (χ2v) is 8.84. The smallest absolute Gasteiger partial charge is 0.317 e. The predicted molar refractivity (Wildman–Crippen MR) is 135 cm³/mol. The second kappa shape index (κ2) is 11.8. The quantitative estimate of drug-likeness (QED) is 0.345. The molecule has 2 aromatic carbocycles. The van der Waals surface area contributed by atoms with Gasteiger partial charge in [-0.15, -0.1) is 0 Å². The fourth-order valence-electron chi connectivity index (χ4n) is 3.61. The molecule has 4 N–H and O–H groups in total. The highest BCUT2D eigenvalue weighted by atomic mass is 35.5. The van der Waals surface area contributed by atoms with Crippen molar-refractivity contribution in [3.05, 3.63) is 59.2 Å². The van der Waals surface area contributed by atoms with Crippen LogP contribution in [0.15, 0.2) is 48.7 Å². The number of hydrogen-bond donors (Lipinski definition) is 4. The Balaban J connectivity index is 1.47. The lowest BCUT2D eigenvalue weighted by Crippen LogP contribution is -2.48. The van der Waals surface area contributed by atoms with Crippen molar-refractivity contribution >= 4 is 40.1 Å². The Morgan fingerprint density at radius 3 is 2.59 bits per heavy atom. The van der Waals surface area contributed by atoms with Gasteiger partial charge in [0, 0.05) is 47.3 Å². The number of benzene rings is 2. The minimum absolute atomic E-state index is 0.0356. The van der Waals surface area contributed by atoms with E-state index in [-0.39, 0.29) is 31.1 Å². The Morgan fingerprint density at radius 2 is 1.91 bits per heavy atom. The van der Waals surface area contributed by atoms with Gasteiger partial charge in [0.15, 0.2) is 0 Å². The lowest BCUT2D eigenvalue weighted by atomic mass is 10.1. The highest BCUT2D eigenvalue weighted by Crippen LogP contribution is 2.22. The van der Waals surface area contributed by atoms with Gasteiger partial charge >= 0.3 is 6.03 Å². The van der Waals surface area contributed by atoms with Crippen LogP contribution >= 0.6 is 11.6 Å². The van der Waals surface area contributed by atoms with E-state index in [2.05, 4.69) is 15.6 Å². The van der Waals surface area contributed by atoms with Crippen LogP contribution in [0.3, 0.4) is 0 Å². The number of anilines is 1.